The molecule has 0 amide bonds. The van der Waals surface area contributed by atoms with Crippen molar-refractivity contribution in [3.8, 4) is 11.5 Å². The van der Waals surface area contributed by atoms with Crippen LogP contribution < -0.4 is 9.47 Å². The SMILES string of the molecule is COc1cc(C)c(C(Br)C2(C)CCCCC2)cc1OC. The molecule has 1 saturated carbocycles. The lowest BCUT2D eigenvalue weighted by molar-refractivity contribution is 0.212. The van der Waals surface area contributed by atoms with Crippen LogP contribution in [0.4, 0.5) is 0 Å². The van der Waals surface area contributed by atoms with Gasteiger partial charge in [0, 0.05) is 4.83 Å². The molecule has 0 radical (unpaired) electrons. The second-order valence-corrected chi connectivity index (χ2v) is 7.06. The Kier molecular flexibility index (Phi) is 5.00. The van der Waals surface area contributed by atoms with E-state index in [4.69, 9.17) is 9.47 Å². The molecule has 112 valence electrons. The first-order valence-electron chi connectivity index (χ1n) is 7.38. The van der Waals surface area contributed by atoms with E-state index in [9.17, 15) is 0 Å². The van der Waals surface area contributed by atoms with Crippen LogP contribution in [-0.2, 0) is 0 Å². The molecule has 1 aromatic rings. The molecule has 3 heteroatoms. The quantitative estimate of drug-likeness (QED) is 0.681. The summed E-state index contributed by atoms with van der Waals surface area (Å²) in [5.74, 6) is 1.62. The minimum absolute atomic E-state index is 0.336. The molecule has 1 unspecified atom stereocenters. The summed E-state index contributed by atoms with van der Waals surface area (Å²) in [5, 5.41) is 0. The molecule has 1 aliphatic rings. The number of hydrogen-bond donors (Lipinski definition) is 0. The molecule has 0 aliphatic heterocycles. The predicted molar refractivity (Wildman–Crippen MR) is 87.1 cm³/mol. The molecular formula is C17H25BrO2. The van der Waals surface area contributed by atoms with Crippen LogP contribution in [0.3, 0.4) is 0 Å². The van der Waals surface area contributed by atoms with Crippen molar-refractivity contribution in [2.75, 3.05) is 14.2 Å². The first-order valence-corrected chi connectivity index (χ1v) is 8.30. The van der Waals surface area contributed by atoms with Crippen molar-refractivity contribution in [2.45, 2.75) is 50.8 Å². The summed E-state index contributed by atoms with van der Waals surface area (Å²) in [6.45, 7) is 4.56. The predicted octanol–water partition coefficient (Wildman–Crippen LogP) is 5.42. The molecule has 0 N–H and O–H groups in total. The second-order valence-electron chi connectivity index (χ2n) is 6.14. The highest BCUT2D eigenvalue weighted by atomic mass is 79.9. The van der Waals surface area contributed by atoms with Crippen LogP contribution in [0, 0.1) is 12.3 Å². The lowest BCUT2D eigenvalue weighted by atomic mass is 9.71. The van der Waals surface area contributed by atoms with Crippen LogP contribution in [0.2, 0.25) is 0 Å². The Balaban J connectivity index is 2.36. The fourth-order valence-corrected chi connectivity index (χ4v) is 4.21. The molecule has 1 aromatic carbocycles. The van der Waals surface area contributed by atoms with Gasteiger partial charge in [0.1, 0.15) is 0 Å². The Morgan fingerprint density at radius 2 is 1.60 bits per heavy atom. The highest BCUT2D eigenvalue weighted by Gasteiger charge is 2.35. The Bertz CT molecular complexity index is 464. The maximum absolute atomic E-state index is 5.46. The minimum atomic E-state index is 0.336. The van der Waals surface area contributed by atoms with Gasteiger partial charge in [-0.2, -0.15) is 0 Å². The van der Waals surface area contributed by atoms with E-state index in [1.807, 2.05) is 0 Å². The molecular weight excluding hydrogens is 316 g/mol. The summed E-state index contributed by atoms with van der Waals surface area (Å²) >= 11 is 3.97. The lowest BCUT2D eigenvalue weighted by Crippen LogP contribution is -2.25. The molecule has 1 fully saturated rings. The van der Waals surface area contributed by atoms with Crippen molar-refractivity contribution in [3.05, 3.63) is 23.3 Å². The Morgan fingerprint density at radius 3 is 2.15 bits per heavy atom. The van der Waals surface area contributed by atoms with Crippen molar-refractivity contribution in [2.24, 2.45) is 5.41 Å². The van der Waals surface area contributed by atoms with Gasteiger partial charge in [0.15, 0.2) is 11.5 Å². The topological polar surface area (TPSA) is 18.5 Å². The van der Waals surface area contributed by atoms with Crippen LogP contribution in [0.25, 0.3) is 0 Å². The second kappa shape index (κ2) is 6.38. The van der Waals surface area contributed by atoms with Gasteiger partial charge in [-0.3, -0.25) is 0 Å². The maximum atomic E-state index is 5.46. The summed E-state index contributed by atoms with van der Waals surface area (Å²) in [4.78, 5) is 0.370. The van der Waals surface area contributed by atoms with Gasteiger partial charge >= 0.3 is 0 Å². The number of alkyl halides is 1. The van der Waals surface area contributed by atoms with Gasteiger partial charge in [0.05, 0.1) is 14.2 Å². The molecule has 0 saturated heterocycles. The van der Waals surface area contributed by atoms with Crippen LogP contribution >= 0.6 is 15.9 Å². The zero-order valence-electron chi connectivity index (χ0n) is 13.0. The average Bonchev–Trinajstić information content (AvgIpc) is 2.47. The van der Waals surface area contributed by atoms with Gasteiger partial charge in [-0.05, 0) is 48.4 Å². The molecule has 0 heterocycles. The number of aryl methyl sites for hydroxylation is 1. The van der Waals surface area contributed by atoms with Gasteiger partial charge in [-0.15, -0.1) is 0 Å². The Hall–Kier alpha value is -0.700. The highest BCUT2D eigenvalue weighted by Crippen LogP contribution is 2.51. The monoisotopic (exact) mass is 340 g/mol. The van der Waals surface area contributed by atoms with Crippen LogP contribution in [-0.4, -0.2) is 14.2 Å². The lowest BCUT2D eigenvalue weighted by Gasteiger charge is -2.39. The molecule has 0 bridgehead atoms. The largest absolute Gasteiger partial charge is 0.493 e. The van der Waals surface area contributed by atoms with Crippen molar-refractivity contribution in [3.63, 3.8) is 0 Å². The number of halogens is 1. The summed E-state index contributed by atoms with van der Waals surface area (Å²) in [7, 11) is 3.38. The van der Waals surface area contributed by atoms with E-state index in [0.717, 1.165) is 11.5 Å². The summed E-state index contributed by atoms with van der Waals surface area (Å²) < 4.78 is 10.8. The van der Waals surface area contributed by atoms with E-state index in [2.05, 4.69) is 41.9 Å². The maximum Gasteiger partial charge on any atom is 0.161 e. The number of benzene rings is 1. The minimum Gasteiger partial charge on any atom is -0.493 e. The first kappa shape index (κ1) is 15.7. The third-order valence-electron chi connectivity index (χ3n) is 4.65. The molecule has 1 atom stereocenters. The van der Waals surface area contributed by atoms with E-state index >= 15 is 0 Å². The molecule has 1 aliphatic carbocycles. The van der Waals surface area contributed by atoms with Gasteiger partial charge < -0.3 is 9.47 Å². The molecule has 2 rings (SSSR count). The zero-order valence-corrected chi connectivity index (χ0v) is 14.5. The van der Waals surface area contributed by atoms with Crippen LogP contribution in [0.1, 0.15) is 55.0 Å². The number of methoxy groups -OCH3 is 2. The van der Waals surface area contributed by atoms with E-state index in [-0.39, 0.29) is 0 Å². The molecule has 20 heavy (non-hydrogen) atoms. The Morgan fingerprint density at radius 1 is 1.05 bits per heavy atom. The molecule has 0 aromatic heterocycles. The third-order valence-corrected chi connectivity index (χ3v) is 6.25. The van der Waals surface area contributed by atoms with E-state index in [1.165, 1.54) is 43.2 Å². The number of rotatable bonds is 4. The standard InChI is InChI=1S/C17H25BrO2/c1-12-10-14(19-3)15(20-4)11-13(12)16(18)17(2)8-6-5-7-9-17/h10-11,16H,5-9H2,1-4H3. The highest BCUT2D eigenvalue weighted by molar-refractivity contribution is 9.09. The zero-order chi connectivity index (χ0) is 14.8. The van der Waals surface area contributed by atoms with E-state index in [1.54, 1.807) is 14.2 Å². The summed E-state index contributed by atoms with van der Waals surface area (Å²) in [5.41, 5.74) is 2.92. The van der Waals surface area contributed by atoms with Gasteiger partial charge in [-0.1, -0.05) is 42.1 Å². The number of hydrogen-bond acceptors (Lipinski definition) is 2. The van der Waals surface area contributed by atoms with Crippen LogP contribution in [0.5, 0.6) is 11.5 Å². The summed E-state index contributed by atoms with van der Waals surface area (Å²) in [6.07, 6.45) is 6.63. The Labute approximate surface area is 131 Å². The fourth-order valence-electron chi connectivity index (χ4n) is 3.26. The first-order chi connectivity index (χ1) is 9.51. The number of ether oxygens (including phenoxy) is 2. The van der Waals surface area contributed by atoms with Crippen molar-refractivity contribution in [1.82, 2.24) is 0 Å². The van der Waals surface area contributed by atoms with Crippen molar-refractivity contribution >= 4 is 15.9 Å². The van der Waals surface area contributed by atoms with Gasteiger partial charge in [0.2, 0.25) is 0 Å². The van der Waals surface area contributed by atoms with E-state index < -0.39 is 0 Å². The van der Waals surface area contributed by atoms with Crippen molar-refractivity contribution in [1.29, 1.82) is 0 Å². The van der Waals surface area contributed by atoms with Crippen molar-refractivity contribution < 1.29 is 9.47 Å². The van der Waals surface area contributed by atoms with Gasteiger partial charge in [-0.25, -0.2) is 0 Å². The molecule has 0 spiro atoms. The van der Waals surface area contributed by atoms with E-state index in [0.29, 0.717) is 10.2 Å². The average molecular weight is 341 g/mol. The van der Waals surface area contributed by atoms with Crippen LogP contribution in [0.15, 0.2) is 12.1 Å². The fraction of sp³-hybridized carbons (Fsp3) is 0.647. The smallest absolute Gasteiger partial charge is 0.161 e. The van der Waals surface area contributed by atoms with Gasteiger partial charge in [0.25, 0.3) is 0 Å². The molecule has 2 nitrogen and oxygen atoms in total. The summed E-state index contributed by atoms with van der Waals surface area (Å²) in [6, 6.07) is 4.21. The normalized spacial score (nSPS) is 19.4. The third kappa shape index (κ3) is 2.98.